The number of aromatic nitrogens is 4. The van der Waals surface area contributed by atoms with Gasteiger partial charge in [-0.1, -0.05) is 28.1 Å². The van der Waals surface area contributed by atoms with E-state index in [2.05, 4.69) is 36.8 Å². The van der Waals surface area contributed by atoms with Gasteiger partial charge < -0.3 is 5.32 Å². The minimum atomic E-state index is -0.514. The van der Waals surface area contributed by atoms with Crippen LogP contribution < -0.4 is 5.32 Å². The first-order chi connectivity index (χ1) is 12.5. The highest BCUT2D eigenvalue weighted by Crippen LogP contribution is 2.21. The van der Waals surface area contributed by atoms with Crippen molar-refractivity contribution in [1.29, 1.82) is 0 Å². The molecule has 0 aliphatic rings. The summed E-state index contributed by atoms with van der Waals surface area (Å²) in [4.78, 5) is 22.9. The molecule has 0 aliphatic heterocycles. The van der Waals surface area contributed by atoms with Crippen LogP contribution in [0.25, 0.3) is 5.69 Å². The quantitative estimate of drug-likeness (QED) is 0.504. The molecule has 1 heterocycles. The molecule has 1 N–H and O–H groups in total. The number of carbonyl (C=O) groups is 1. The van der Waals surface area contributed by atoms with Crippen molar-refractivity contribution in [3.8, 4) is 5.69 Å². The number of hydrogen-bond acceptors (Lipinski definition) is 6. The second-order valence-corrected chi connectivity index (χ2v) is 6.29. The largest absolute Gasteiger partial charge is 0.345 e. The summed E-state index contributed by atoms with van der Waals surface area (Å²) in [5.41, 5.74) is 1.18. The van der Waals surface area contributed by atoms with Crippen molar-refractivity contribution in [3.63, 3.8) is 0 Å². The number of benzene rings is 2. The third-order valence-electron chi connectivity index (χ3n) is 3.74. The lowest BCUT2D eigenvalue weighted by Gasteiger charge is -2.08. The third-order valence-corrected chi connectivity index (χ3v) is 4.23. The van der Waals surface area contributed by atoms with Gasteiger partial charge in [-0.05, 0) is 41.6 Å². The SMILES string of the molecule is Cc1c(C(=O)NCc2nnnn2-c2cccc(Br)c2)cccc1[N+](=O)[O-]. The van der Waals surface area contributed by atoms with Crippen LogP contribution in [0.1, 0.15) is 21.7 Å². The Bertz CT molecular complexity index is 988. The number of nitro groups is 1. The molecule has 0 saturated heterocycles. The van der Waals surface area contributed by atoms with E-state index in [-0.39, 0.29) is 17.8 Å². The van der Waals surface area contributed by atoms with Gasteiger partial charge in [0.1, 0.15) is 0 Å². The second kappa shape index (κ2) is 7.40. The first-order valence-electron chi connectivity index (χ1n) is 7.53. The Morgan fingerprint density at radius 1 is 1.31 bits per heavy atom. The fourth-order valence-corrected chi connectivity index (χ4v) is 2.83. The minimum Gasteiger partial charge on any atom is -0.345 e. The van der Waals surface area contributed by atoms with Crippen molar-refractivity contribution >= 4 is 27.5 Å². The molecule has 0 unspecified atom stereocenters. The summed E-state index contributed by atoms with van der Waals surface area (Å²) in [6.45, 7) is 1.61. The molecule has 1 aromatic heterocycles. The van der Waals surface area contributed by atoms with Crippen molar-refractivity contribution in [2.75, 3.05) is 0 Å². The number of nitro benzene ring substituents is 1. The molecule has 132 valence electrons. The summed E-state index contributed by atoms with van der Waals surface area (Å²) >= 11 is 3.38. The third kappa shape index (κ3) is 3.59. The normalized spacial score (nSPS) is 10.5. The van der Waals surface area contributed by atoms with E-state index >= 15 is 0 Å². The van der Waals surface area contributed by atoms with Crippen molar-refractivity contribution in [3.05, 3.63) is 74.0 Å². The molecule has 3 aromatic rings. The molecule has 0 bridgehead atoms. The van der Waals surface area contributed by atoms with E-state index in [1.54, 1.807) is 6.92 Å². The first-order valence-corrected chi connectivity index (χ1v) is 8.32. The van der Waals surface area contributed by atoms with Gasteiger partial charge in [0.25, 0.3) is 11.6 Å². The fraction of sp³-hybridized carbons (Fsp3) is 0.125. The van der Waals surface area contributed by atoms with Crippen LogP contribution in [0.3, 0.4) is 0 Å². The molecule has 0 saturated carbocycles. The van der Waals surface area contributed by atoms with E-state index in [1.807, 2.05) is 24.3 Å². The van der Waals surface area contributed by atoms with Crippen molar-refractivity contribution in [1.82, 2.24) is 25.5 Å². The van der Waals surface area contributed by atoms with Crippen molar-refractivity contribution in [2.45, 2.75) is 13.5 Å². The van der Waals surface area contributed by atoms with Crippen LogP contribution in [0.5, 0.6) is 0 Å². The van der Waals surface area contributed by atoms with Crippen LogP contribution in [0.2, 0.25) is 0 Å². The van der Waals surface area contributed by atoms with Gasteiger partial charge in [0.05, 0.1) is 17.2 Å². The molecule has 1 amide bonds. The van der Waals surface area contributed by atoms with Gasteiger partial charge in [-0.15, -0.1) is 5.10 Å². The second-order valence-electron chi connectivity index (χ2n) is 5.38. The number of carbonyl (C=O) groups excluding carboxylic acids is 1. The summed E-state index contributed by atoms with van der Waals surface area (Å²) in [5, 5.41) is 25.2. The summed E-state index contributed by atoms with van der Waals surface area (Å²) in [6, 6.07) is 11.8. The fourth-order valence-electron chi connectivity index (χ4n) is 2.45. The number of nitrogens with zero attached hydrogens (tertiary/aromatic N) is 5. The molecule has 0 fully saturated rings. The zero-order valence-electron chi connectivity index (χ0n) is 13.6. The van der Waals surface area contributed by atoms with Gasteiger partial charge in [0.15, 0.2) is 5.82 Å². The molecule has 0 aliphatic carbocycles. The van der Waals surface area contributed by atoms with Crippen molar-refractivity contribution in [2.24, 2.45) is 0 Å². The number of rotatable bonds is 5. The van der Waals surface area contributed by atoms with Crippen molar-refractivity contribution < 1.29 is 9.72 Å². The lowest BCUT2D eigenvalue weighted by Crippen LogP contribution is -2.25. The topological polar surface area (TPSA) is 116 Å². The van der Waals surface area contributed by atoms with Gasteiger partial charge in [-0.2, -0.15) is 4.68 Å². The van der Waals surface area contributed by atoms with Crippen LogP contribution in [0.4, 0.5) is 5.69 Å². The number of hydrogen-bond donors (Lipinski definition) is 1. The monoisotopic (exact) mass is 416 g/mol. The van der Waals surface area contributed by atoms with Gasteiger partial charge in [-0.25, -0.2) is 0 Å². The summed E-state index contributed by atoms with van der Waals surface area (Å²) < 4.78 is 2.37. The van der Waals surface area contributed by atoms with E-state index in [0.717, 1.165) is 10.2 Å². The van der Waals surface area contributed by atoms with Gasteiger partial charge in [0.2, 0.25) is 0 Å². The number of amides is 1. The highest BCUT2D eigenvalue weighted by atomic mass is 79.9. The Hall–Kier alpha value is -3.14. The molecule has 9 nitrogen and oxygen atoms in total. The maximum Gasteiger partial charge on any atom is 0.273 e. The van der Waals surface area contributed by atoms with E-state index in [9.17, 15) is 14.9 Å². The molecule has 2 aromatic carbocycles. The molecule has 0 spiro atoms. The van der Waals surface area contributed by atoms with E-state index in [4.69, 9.17) is 0 Å². The predicted molar refractivity (Wildman–Crippen MR) is 95.9 cm³/mol. The molecular formula is C16H13BrN6O3. The number of halogens is 1. The summed E-state index contributed by atoms with van der Waals surface area (Å²) in [6.07, 6.45) is 0. The van der Waals surface area contributed by atoms with Gasteiger partial charge in [-0.3, -0.25) is 14.9 Å². The Labute approximate surface area is 156 Å². The lowest BCUT2D eigenvalue weighted by atomic mass is 10.1. The first kappa shape index (κ1) is 17.7. The Kier molecular flexibility index (Phi) is 5.03. The summed E-state index contributed by atoms with van der Waals surface area (Å²) in [5.74, 6) is -0.00507. The summed E-state index contributed by atoms with van der Waals surface area (Å²) in [7, 11) is 0. The number of nitrogens with one attached hydrogen (secondary N) is 1. The Balaban J connectivity index is 1.79. The van der Waals surface area contributed by atoms with E-state index in [0.29, 0.717) is 11.4 Å². The molecule has 3 rings (SSSR count). The van der Waals surface area contributed by atoms with E-state index < -0.39 is 10.8 Å². The lowest BCUT2D eigenvalue weighted by molar-refractivity contribution is -0.385. The zero-order chi connectivity index (χ0) is 18.7. The average molecular weight is 417 g/mol. The standard InChI is InChI=1S/C16H13BrN6O3/c1-10-13(6-3-7-14(10)23(25)26)16(24)18-9-15-19-20-21-22(15)12-5-2-4-11(17)8-12/h2-8H,9H2,1H3,(H,18,24). The van der Waals surface area contributed by atoms with Crippen LogP contribution in [-0.2, 0) is 6.54 Å². The molecule has 0 radical (unpaired) electrons. The van der Waals surface area contributed by atoms with Crippen LogP contribution in [0.15, 0.2) is 46.9 Å². The van der Waals surface area contributed by atoms with Gasteiger partial charge >= 0.3 is 0 Å². The highest BCUT2D eigenvalue weighted by molar-refractivity contribution is 9.10. The Morgan fingerprint density at radius 3 is 2.81 bits per heavy atom. The average Bonchev–Trinajstić information content (AvgIpc) is 3.08. The molecule has 26 heavy (non-hydrogen) atoms. The predicted octanol–water partition coefficient (Wildman–Crippen LogP) is 2.57. The molecule has 10 heteroatoms. The molecular weight excluding hydrogens is 404 g/mol. The zero-order valence-corrected chi connectivity index (χ0v) is 15.2. The smallest absolute Gasteiger partial charge is 0.273 e. The maximum atomic E-state index is 12.4. The Morgan fingerprint density at radius 2 is 2.08 bits per heavy atom. The van der Waals surface area contributed by atoms with Gasteiger partial charge in [0, 0.05) is 21.7 Å². The van der Waals surface area contributed by atoms with Crippen LogP contribution >= 0.6 is 15.9 Å². The molecule has 0 atom stereocenters. The highest BCUT2D eigenvalue weighted by Gasteiger charge is 2.18. The maximum absolute atomic E-state index is 12.4. The number of tetrazole rings is 1. The van der Waals surface area contributed by atoms with E-state index in [1.165, 1.54) is 22.9 Å². The van der Waals surface area contributed by atoms with Crippen LogP contribution in [0, 0.1) is 17.0 Å². The minimum absolute atomic E-state index is 0.0699. The van der Waals surface area contributed by atoms with Crippen LogP contribution in [-0.4, -0.2) is 31.0 Å².